The average molecular weight is 279 g/mol. The summed E-state index contributed by atoms with van der Waals surface area (Å²) in [5.41, 5.74) is 6.43. The summed E-state index contributed by atoms with van der Waals surface area (Å²) in [5.74, 6) is 0.231. The van der Waals surface area contributed by atoms with E-state index in [1.54, 1.807) is 12.3 Å². The van der Waals surface area contributed by atoms with E-state index in [-0.39, 0.29) is 17.9 Å². The Morgan fingerprint density at radius 1 is 1.53 bits per heavy atom. The lowest BCUT2D eigenvalue weighted by molar-refractivity contribution is -0.116. The predicted octanol–water partition coefficient (Wildman–Crippen LogP) is 1.86. The number of rotatable bonds is 3. The van der Waals surface area contributed by atoms with Gasteiger partial charge in [0.2, 0.25) is 5.91 Å². The molecule has 0 spiro atoms. The van der Waals surface area contributed by atoms with Crippen molar-refractivity contribution in [1.82, 2.24) is 14.8 Å². The predicted molar refractivity (Wildman–Crippen MR) is 76.1 cm³/mol. The second-order valence-electron chi connectivity index (χ2n) is 5.27. The van der Waals surface area contributed by atoms with Crippen molar-refractivity contribution in [1.29, 1.82) is 0 Å². The Bertz CT molecular complexity index is 581. The summed E-state index contributed by atoms with van der Waals surface area (Å²) in [4.78, 5) is 16.2. The Kier molecular flexibility index (Phi) is 3.57. The average Bonchev–Trinajstić information content (AvgIpc) is 2.87. The molecule has 0 radical (unpaired) electrons. The van der Waals surface area contributed by atoms with Gasteiger partial charge in [0.05, 0.1) is 5.69 Å². The molecule has 1 amide bonds. The van der Waals surface area contributed by atoms with Crippen LogP contribution in [0.15, 0.2) is 17.6 Å². The molecule has 0 aliphatic heterocycles. The van der Waals surface area contributed by atoms with E-state index in [2.05, 4.69) is 36.2 Å². The van der Waals surface area contributed by atoms with Crippen LogP contribution in [0.25, 0.3) is 0 Å². The van der Waals surface area contributed by atoms with Crippen LogP contribution in [-0.4, -0.2) is 20.7 Å². The van der Waals surface area contributed by atoms with Crippen molar-refractivity contribution in [3.8, 4) is 0 Å². The van der Waals surface area contributed by atoms with Crippen LogP contribution in [0.1, 0.15) is 26.5 Å². The third kappa shape index (κ3) is 3.54. The van der Waals surface area contributed by atoms with Crippen LogP contribution in [0.2, 0.25) is 0 Å². The molecule has 102 valence electrons. The maximum atomic E-state index is 11.8. The van der Waals surface area contributed by atoms with E-state index in [4.69, 9.17) is 5.73 Å². The van der Waals surface area contributed by atoms with Crippen molar-refractivity contribution in [2.24, 2.45) is 0 Å². The monoisotopic (exact) mass is 279 g/mol. The SMILES string of the molecule is CC(C)(C)c1csc(NC(=O)Cn2ccc(N)n2)n1. The maximum Gasteiger partial charge on any atom is 0.247 e. The first-order valence-electron chi connectivity index (χ1n) is 5.89. The molecule has 0 aliphatic rings. The van der Waals surface area contributed by atoms with Gasteiger partial charge in [0, 0.05) is 17.0 Å². The lowest BCUT2D eigenvalue weighted by Crippen LogP contribution is -2.19. The smallest absolute Gasteiger partial charge is 0.247 e. The molecular formula is C12H17N5OS. The Hall–Kier alpha value is -1.89. The van der Waals surface area contributed by atoms with E-state index in [0.29, 0.717) is 10.9 Å². The van der Waals surface area contributed by atoms with Gasteiger partial charge in [-0.1, -0.05) is 20.8 Å². The van der Waals surface area contributed by atoms with E-state index in [1.807, 2.05) is 5.38 Å². The molecule has 0 aromatic carbocycles. The van der Waals surface area contributed by atoms with Gasteiger partial charge in [-0.05, 0) is 6.07 Å². The van der Waals surface area contributed by atoms with Crippen LogP contribution in [0, 0.1) is 0 Å². The Labute approximate surface area is 115 Å². The number of amides is 1. The second kappa shape index (κ2) is 5.00. The molecule has 2 aromatic heterocycles. The van der Waals surface area contributed by atoms with Crippen molar-refractivity contribution in [2.75, 3.05) is 11.1 Å². The minimum atomic E-state index is -0.169. The van der Waals surface area contributed by atoms with Gasteiger partial charge >= 0.3 is 0 Å². The number of hydrogen-bond donors (Lipinski definition) is 2. The molecule has 0 fully saturated rings. The molecule has 0 atom stereocenters. The number of nitrogens with zero attached hydrogens (tertiary/aromatic N) is 3. The lowest BCUT2D eigenvalue weighted by Gasteiger charge is -2.14. The zero-order chi connectivity index (χ0) is 14.0. The second-order valence-corrected chi connectivity index (χ2v) is 6.13. The lowest BCUT2D eigenvalue weighted by atomic mass is 9.93. The number of nitrogens with one attached hydrogen (secondary N) is 1. The maximum absolute atomic E-state index is 11.8. The highest BCUT2D eigenvalue weighted by Crippen LogP contribution is 2.26. The summed E-state index contributed by atoms with van der Waals surface area (Å²) in [5, 5.41) is 9.28. The minimum absolute atomic E-state index is 0.0179. The summed E-state index contributed by atoms with van der Waals surface area (Å²) in [6, 6.07) is 1.65. The van der Waals surface area contributed by atoms with Crippen molar-refractivity contribution < 1.29 is 4.79 Å². The number of hydrogen-bond acceptors (Lipinski definition) is 5. The first-order chi connectivity index (χ1) is 8.84. The Morgan fingerprint density at radius 2 is 2.26 bits per heavy atom. The van der Waals surface area contributed by atoms with Crippen LogP contribution < -0.4 is 11.1 Å². The van der Waals surface area contributed by atoms with Crippen molar-refractivity contribution >= 4 is 28.2 Å². The van der Waals surface area contributed by atoms with Gasteiger partial charge in [0.15, 0.2) is 5.13 Å². The van der Waals surface area contributed by atoms with Gasteiger partial charge in [0.1, 0.15) is 12.4 Å². The summed E-state index contributed by atoms with van der Waals surface area (Å²) < 4.78 is 1.49. The number of carbonyl (C=O) groups excluding carboxylic acids is 1. The van der Waals surface area contributed by atoms with Crippen LogP contribution in [0.5, 0.6) is 0 Å². The molecular weight excluding hydrogens is 262 g/mol. The summed E-state index contributed by atoms with van der Waals surface area (Å²) in [7, 11) is 0. The van der Waals surface area contributed by atoms with Crippen molar-refractivity contribution in [3.05, 3.63) is 23.3 Å². The highest BCUT2D eigenvalue weighted by Gasteiger charge is 2.18. The van der Waals surface area contributed by atoms with Crippen LogP contribution in [0.3, 0.4) is 0 Å². The van der Waals surface area contributed by atoms with Gasteiger partial charge < -0.3 is 11.1 Å². The van der Waals surface area contributed by atoms with E-state index in [9.17, 15) is 4.79 Å². The highest BCUT2D eigenvalue weighted by atomic mass is 32.1. The standard InChI is InChI=1S/C12H17N5OS/c1-12(2,3)8-7-19-11(14-8)15-10(18)6-17-5-4-9(13)16-17/h4-5,7H,6H2,1-3H3,(H2,13,16)(H,14,15,18). The minimum Gasteiger partial charge on any atom is -0.382 e. The van der Waals surface area contributed by atoms with Crippen LogP contribution in [0.4, 0.5) is 10.9 Å². The number of carbonyl (C=O) groups is 1. The molecule has 2 heterocycles. The van der Waals surface area contributed by atoms with Crippen LogP contribution >= 0.6 is 11.3 Å². The molecule has 19 heavy (non-hydrogen) atoms. The zero-order valence-corrected chi connectivity index (χ0v) is 12.0. The van der Waals surface area contributed by atoms with Gasteiger partial charge in [-0.3, -0.25) is 9.48 Å². The molecule has 2 rings (SSSR count). The largest absolute Gasteiger partial charge is 0.382 e. The fourth-order valence-corrected chi connectivity index (χ4v) is 2.40. The third-order valence-corrected chi connectivity index (χ3v) is 3.24. The number of thiazole rings is 1. The third-order valence-electron chi connectivity index (χ3n) is 2.49. The van der Waals surface area contributed by atoms with E-state index >= 15 is 0 Å². The highest BCUT2D eigenvalue weighted by molar-refractivity contribution is 7.13. The van der Waals surface area contributed by atoms with E-state index < -0.39 is 0 Å². The molecule has 2 aromatic rings. The number of nitrogen functional groups attached to an aromatic ring is 1. The van der Waals surface area contributed by atoms with Gasteiger partial charge in [-0.15, -0.1) is 11.3 Å². The normalized spacial score (nSPS) is 11.5. The molecule has 0 unspecified atom stereocenters. The first-order valence-corrected chi connectivity index (χ1v) is 6.77. The molecule has 0 bridgehead atoms. The quantitative estimate of drug-likeness (QED) is 0.898. The first kappa shape index (κ1) is 13.5. The van der Waals surface area contributed by atoms with Crippen molar-refractivity contribution in [3.63, 3.8) is 0 Å². The molecule has 0 saturated heterocycles. The van der Waals surface area contributed by atoms with Crippen molar-refractivity contribution in [2.45, 2.75) is 32.7 Å². The zero-order valence-electron chi connectivity index (χ0n) is 11.2. The molecule has 7 heteroatoms. The topological polar surface area (TPSA) is 85.8 Å². The summed E-state index contributed by atoms with van der Waals surface area (Å²) in [6.45, 7) is 6.38. The fourth-order valence-electron chi connectivity index (χ4n) is 1.45. The number of anilines is 2. The summed E-state index contributed by atoms with van der Waals surface area (Å²) in [6.07, 6.45) is 1.66. The molecule has 0 aliphatic carbocycles. The van der Waals surface area contributed by atoms with Gasteiger partial charge in [-0.25, -0.2) is 4.98 Å². The summed E-state index contributed by atoms with van der Waals surface area (Å²) >= 11 is 1.42. The van der Waals surface area contributed by atoms with Gasteiger partial charge in [-0.2, -0.15) is 5.10 Å². The van der Waals surface area contributed by atoms with E-state index in [1.165, 1.54) is 16.0 Å². The number of nitrogens with two attached hydrogens (primary N) is 1. The fraction of sp³-hybridized carbons (Fsp3) is 0.417. The molecule has 3 N–H and O–H groups in total. The Balaban J connectivity index is 1.97. The van der Waals surface area contributed by atoms with Gasteiger partial charge in [0.25, 0.3) is 0 Å². The molecule has 0 saturated carbocycles. The van der Waals surface area contributed by atoms with Crippen LogP contribution in [-0.2, 0) is 16.8 Å². The Morgan fingerprint density at radius 3 is 2.79 bits per heavy atom. The number of aromatic nitrogens is 3. The van der Waals surface area contributed by atoms with E-state index in [0.717, 1.165) is 5.69 Å². The molecule has 6 nitrogen and oxygen atoms in total.